The molecule has 2 aromatic carbocycles. The lowest BCUT2D eigenvalue weighted by molar-refractivity contribution is 0.0436. The van der Waals surface area contributed by atoms with E-state index in [9.17, 15) is 9.18 Å². The first-order valence-corrected chi connectivity index (χ1v) is 8.74. The fraction of sp³-hybridized carbons (Fsp3) is 0.0556. The minimum atomic E-state index is -0.629. The monoisotopic (exact) mass is 388 g/mol. The molecule has 5 nitrogen and oxygen atoms in total. The Balaban J connectivity index is 1.49. The molecule has 0 atom stereocenters. The number of benzene rings is 2. The average molecular weight is 389 g/mol. The smallest absolute Gasteiger partial charge is 0.350 e. The van der Waals surface area contributed by atoms with Crippen molar-refractivity contribution >= 4 is 39.0 Å². The topological polar surface area (TPSA) is 65.2 Å². The number of thiophene rings is 1. The highest BCUT2D eigenvalue weighted by atomic mass is 35.5. The Kier molecular flexibility index (Phi) is 4.40. The highest BCUT2D eigenvalue weighted by Gasteiger charge is 2.20. The molecule has 0 amide bonds. The zero-order valence-electron chi connectivity index (χ0n) is 13.1. The quantitative estimate of drug-likeness (QED) is 0.455. The molecule has 4 rings (SSSR count). The van der Waals surface area contributed by atoms with Crippen LogP contribution in [0.4, 0.5) is 4.39 Å². The lowest BCUT2D eigenvalue weighted by atomic mass is 10.2. The minimum absolute atomic E-state index is 0.167. The fourth-order valence-corrected chi connectivity index (χ4v) is 3.81. The molecule has 4 aromatic rings. The van der Waals surface area contributed by atoms with Crippen LogP contribution in [0.15, 0.2) is 53.1 Å². The van der Waals surface area contributed by atoms with Gasteiger partial charge < -0.3 is 9.26 Å². The first kappa shape index (κ1) is 16.7. The maximum absolute atomic E-state index is 13.3. The molecule has 0 aliphatic carbocycles. The van der Waals surface area contributed by atoms with Crippen LogP contribution in [0.5, 0.6) is 0 Å². The predicted octanol–water partition coefficient (Wildman–Crippen LogP) is 5.10. The first-order chi connectivity index (χ1) is 12.6. The molecular formula is C18H10ClFN2O3S. The van der Waals surface area contributed by atoms with Gasteiger partial charge in [-0.15, -0.1) is 11.3 Å². The van der Waals surface area contributed by atoms with E-state index in [2.05, 4.69) is 10.1 Å². The molecular weight excluding hydrogens is 379 g/mol. The maximum atomic E-state index is 13.3. The van der Waals surface area contributed by atoms with Crippen LogP contribution in [-0.4, -0.2) is 16.1 Å². The second-order valence-corrected chi connectivity index (χ2v) is 6.77. The number of esters is 1. The number of fused-ring (bicyclic) bond motifs is 1. The molecule has 8 heteroatoms. The molecule has 0 fully saturated rings. The van der Waals surface area contributed by atoms with E-state index in [1.165, 1.54) is 18.2 Å². The Hall–Kier alpha value is -2.77. The summed E-state index contributed by atoms with van der Waals surface area (Å²) in [7, 11) is 0. The van der Waals surface area contributed by atoms with E-state index < -0.39 is 11.8 Å². The maximum Gasteiger partial charge on any atom is 0.350 e. The minimum Gasteiger partial charge on any atom is -0.451 e. The largest absolute Gasteiger partial charge is 0.451 e. The Labute approximate surface area is 156 Å². The number of rotatable bonds is 4. The predicted molar refractivity (Wildman–Crippen MR) is 95.6 cm³/mol. The van der Waals surface area contributed by atoms with Crippen molar-refractivity contribution in [3.63, 3.8) is 0 Å². The number of carbonyl (C=O) groups is 1. The van der Waals surface area contributed by atoms with Gasteiger partial charge in [0, 0.05) is 15.6 Å². The van der Waals surface area contributed by atoms with Gasteiger partial charge in [0.25, 0.3) is 5.89 Å². The highest BCUT2D eigenvalue weighted by molar-refractivity contribution is 7.21. The van der Waals surface area contributed by atoms with Crippen LogP contribution < -0.4 is 0 Å². The lowest BCUT2D eigenvalue weighted by Crippen LogP contribution is -2.04. The summed E-state index contributed by atoms with van der Waals surface area (Å²) < 4.78 is 24.2. The fourth-order valence-electron chi connectivity index (χ4n) is 2.38. The number of halogens is 2. The number of hydrogen-bond acceptors (Lipinski definition) is 6. The standard InChI is InChI=1S/C18H10ClFN2O3S/c19-15-12-7-6-11(20)8-13(12)26-16(15)18(23)24-9-14-21-17(22-25-14)10-4-2-1-3-5-10/h1-8H,9H2. The van der Waals surface area contributed by atoms with Gasteiger partial charge in [-0.05, 0) is 18.2 Å². The van der Waals surface area contributed by atoms with Gasteiger partial charge in [-0.1, -0.05) is 47.1 Å². The normalized spacial score (nSPS) is 11.0. The number of aromatic nitrogens is 2. The molecule has 0 radical (unpaired) electrons. The summed E-state index contributed by atoms with van der Waals surface area (Å²) in [6.07, 6.45) is 0. The van der Waals surface area contributed by atoms with E-state index >= 15 is 0 Å². The van der Waals surface area contributed by atoms with E-state index in [1.54, 1.807) is 0 Å². The second-order valence-electron chi connectivity index (χ2n) is 5.34. The molecule has 0 saturated heterocycles. The van der Waals surface area contributed by atoms with Crippen molar-refractivity contribution in [2.24, 2.45) is 0 Å². The number of hydrogen-bond donors (Lipinski definition) is 0. The van der Waals surface area contributed by atoms with Crippen LogP contribution >= 0.6 is 22.9 Å². The SMILES string of the molecule is O=C(OCc1nc(-c2ccccc2)no1)c1sc2cc(F)ccc2c1Cl. The van der Waals surface area contributed by atoms with E-state index in [0.29, 0.717) is 15.9 Å². The van der Waals surface area contributed by atoms with Crippen LogP contribution in [-0.2, 0) is 11.3 Å². The van der Waals surface area contributed by atoms with Crippen molar-refractivity contribution in [2.45, 2.75) is 6.61 Å². The van der Waals surface area contributed by atoms with Crippen LogP contribution in [0.2, 0.25) is 5.02 Å². The molecule has 2 aromatic heterocycles. The van der Waals surface area contributed by atoms with Gasteiger partial charge in [0.15, 0.2) is 6.61 Å². The van der Waals surface area contributed by atoms with Gasteiger partial charge in [-0.25, -0.2) is 9.18 Å². The van der Waals surface area contributed by atoms with E-state index in [-0.39, 0.29) is 22.4 Å². The highest BCUT2D eigenvalue weighted by Crippen LogP contribution is 2.36. The van der Waals surface area contributed by atoms with E-state index in [0.717, 1.165) is 16.9 Å². The van der Waals surface area contributed by atoms with Gasteiger partial charge in [0.05, 0.1) is 5.02 Å². The second kappa shape index (κ2) is 6.86. The Morgan fingerprint density at radius 3 is 2.85 bits per heavy atom. The zero-order chi connectivity index (χ0) is 18.1. The summed E-state index contributed by atoms with van der Waals surface area (Å²) >= 11 is 7.28. The lowest BCUT2D eigenvalue weighted by Gasteiger charge is -1.99. The molecule has 26 heavy (non-hydrogen) atoms. The third-order valence-electron chi connectivity index (χ3n) is 3.60. The molecule has 0 N–H and O–H groups in total. The molecule has 0 aliphatic rings. The third-order valence-corrected chi connectivity index (χ3v) is 5.24. The Bertz CT molecular complexity index is 1090. The molecule has 0 bridgehead atoms. The van der Waals surface area contributed by atoms with Gasteiger partial charge in [0.1, 0.15) is 10.7 Å². The summed E-state index contributed by atoms with van der Waals surface area (Å²) in [5, 5.41) is 4.70. The summed E-state index contributed by atoms with van der Waals surface area (Å²) in [5.74, 6) is -0.446. The number of carbonyl (C=O) groups excluding carboxylic acids is 1. The van der Waals surface area contributed by atoms with Gasteiger partial charge in [-0.2, -0.15) is 4.98 Å². The van der Waals surface area contributed by atoms with E-state index in [1.807, 2.05) is 30.3 Å². The van der Waals surface area contributed by atoms with Crippen LogP contribution in [0.1, 0.15) is 15.6 Å². The Morgan fingerprint density at radius 1 is 1.23 bits per heavy atom. The van der Waals surface area contributed by atoms with Gasteiger partial charge in [0.2, 0.25) is 5.82 Å². The van der Waals surface area contributed by atoms with Gasteiger partial charge >= 0.3 is 5.97 Å². The van der Waals surface area contributed by atoms with Crippen LogP contribution in [0.25, 0.3) is 21.5 Å². The molecule has 130 valence electrons. The Morgan fingerprint density at radius 2 is 2.04 bits per heavy atom. The van der Waals surface area contributed by atoms with Crippen molar-refractivity contribution in [1.29, 1.82) is 0 Å². The van der Waals surface area contributed by atoms with Crippen molar-refractivity contribution in [3.05, 3.63) is 70.1 Å². The molecule has 0 spiro atoms. The molecule has 0 aliphatic heterocycles. The van der Waals surface area contributed by atoms with Crippen LogP contribution in [0.3, 0.4) is 0 Å². The van der Waals surface area contributed by atoms with E-state index in [4.69, 9.17) is 20.9 Å². The molecule has 0 unspecified atom stereocenters. The molecule has 0 saturated carbocycles. The van der Waals surface area contributed by atoms with Crippen LogP contribution in [0, 0.1) is 5.82 Å². The van der Waals surface area contributed by atoms with Crippen molar-refractivity contribution < 1.29 is 18.4 Å². The summed E-state index contributed by atoms with van der Waals surface area (Å²) in [5.41, 5.74) is 0.795. The van der Waals surface area contributed by atoms with Crippen molar-refractivity contribution in [2.75, 3.05) is 0 Å². The van der Waals surface area contributed by atoms with Crippen molar-refractivity contribution in [1.82, 2.24) is 10.1 Å². The zero-order valence-corrected chi connectivity index (χ0v) is 14.7. The van der Waals surface area contributed by atoms with Gasteiger partial charge in [-0.3, -0.25) is 0 Å². The summed E-state index contributed by atoms with van der Waals surface area (Å²) in [6, 6.07) is 13.4. The first-order valence-electron chi connectivity index (χ1n) is 7.54. The summed E-state index contributed by atoms with van der Waals surface area (Å²) in [6.45, 7) is -0.183. The number of nitrogens with zero attached hydrogens (tertiary/aromatic N) is 2. The number of ether oxygens (including phenoxy) is 1. The van der Waals surface area contributed by atoms with Crippen molar-refractivity contribution in [3.8, 4) is 11.4 Å². The average Bonchev–Trinajstić information content (AvgIpc) is 3.25. The third kappa shape index (κ3) is 3.18. The summed E-state index contributed by atoms with van der Waals surface area (Å²) in [4.78, 5) is 16.7. The molecule has 2 heterocycles.